The summed E-state index contributed by atoms with van der Waals surface area (Å²) in [6, 6.07) is 9.11. The third-order valence-corrected chi connectivity index (χ3v) is 7.35. The van der Waals surface area contributed by atoms with E-state index >= 15 is 0 Å². The molecule has 2 aliphatic heterocycles. The highest BCUT2D eigenvalue weighted by Gasteiger charge is 2.37. The Morgan fingerprint density at radius 2 is 1.72 bits per heavy atom. The van der Waals surface area contributed by atoms with Gasteiger partial charge in [0, 0.05) is 57.3 Å². The van der Waals surface area contributed by atoms with Crippen LogP contribution >= 0.6 is 0 Å². The van der Waals surface area contributed by atoms with Crippen molar-refractivity contribution in [2.45, 2.75) is 91.3 Å². The number of para-hydroxylation sites is 1. The van der Waals surface area contributed by atoms with Gasteiger partial charge in [0.05, 0.1) is 0 Å². The molecule has 4 rings (SSSR count). The summed E-state index contributed by atoms with van der Waals surface area (Å²) in [6.45, 7) is 11.4. The molecular weight excluding hydrogens is 398 g/mol. The van der Waals surface area contributed by atoms with Crippen molar-refractivity contribution in [2.24, 2.45) is 11.3 Å². The van der Waals surface area contributed by atoms with Crippen LogP contribution in [0.2, 0.25) is 0 Å². The van der Waals surface area contributed by atoms with E-state index in [9.17, 15) is 9.59 Å². The lowest BCUT2D eigenvalue weighted by molar-refractivity contribution is -0.135. The number of fused-ring (bicyclic) bond motifs is 3. The summed E-state index contributed by atoms with van der Waals surface area (Å²) in [5.41, 5.74) is 2.01. The number of benzene rings is 1. The monoisotopic (exact) mass is 439 g/mol. The van der Waals surface area contributed by atoms with Crippen LogP contribution in [0.1, 0.15) is 78.2 Å². The van der Waals surface area contributed by atoms with Gasteiger partial charge in [-0.3, -0.25) is 14.5 Å². The van der Waals surface area contributed by atoms with E-state index in [1.807, 2.05) is 17.0 Å². The summed E-state index contributed by atoms with van der Waals surface area (Å²) in [6.07, 6.45) is 7.82. The van der Waals surface area contributed by atoms with Crippen molar-refractivity contribution >= 4 is 17.5 Å². The van der Waals surface area contributed by atoms with Crippen molar-refractivity contribution in [1.82, 2.24) is 9.80 Å². The van der Waals surface area contributed by atoms with Crippen LogP contribution in [0.3, 0.4) is 0 Å². The van der Waals surface area contributed by atoms with Crippen molar-refractivity contribution in [3.63, 3.8) is 0 Å². The first-order valence-electron chi connectivity index (χ1n) is 12.6. The highest BCUT2D eigenvalue weighted by Crippen LogP contribution is 2.36. The molecule has 1 saturated carbocycles. The first kappa shape index (κ1) is 23.3. The van der Waals surface area contributed by atoms with Crippen molar-refractivity contribution in [3.05, 3.63) is 29.8 Å². The average molecular weight is 440 g/mol. The van der Waals surface area contributed by atoms with Crippen LogP contribution < -0.4 is 4.90 Å². The van der Waals surface area contributed by atoms with Gasteiger partial charge in [0.2, 0.25) is 11.8 Å². The lowest BCUT2D eigenvalue weighted by Gasteiger charge is -2.44. The number of rotatable bonds is 3. The Labute approximate surface area is 194 Å². The Kier molecular flexibility index (Phi) is 6.94. The largest absolute Gasteiger partial charge is 0.337 e. The van der Waals surface area contributed by atoms with Gasteiger partial charge >= 0.3 is 0 Å². The molecule has 2 atom stereocenters. The maximum Gasteiger partial charge on any atom is 0.223 e. The van der Waals surface area contributed by atoms with Crippen molar-refractivity contribution in [2.75, 3.05) is 24.5 Å². The lowest BCUT2D eigenvalue weighted by atomic mass is 9.90. The van der Waals surface area contributed by atoms with Gasteiger partial charge < -0.3 is 9.80 Å². The third-order valence-electron chi connectivity index (χ3n) is 7.35. The number of carbonyl (C=O) groups is 2. The van der Waals surface area contributed by atoms with Crippen LogP contribution in [0.5, 0.6) is 0 Å². The van der Waals surface area contributed by atoms with Gasteiger partial charge in [-0.2, -0.15) is 0 Å². The normalized spacial score (nSPS) is 25.1. The summed E-state index contributed by atoms with van der Waals surface area (Å²) in [5, 5.41) is 0. The van der Waals surface area contributed by atoms with Crippen LogP contribution in [-0.4, -0.2) is 53.3 Å². The minimum Gasteiger partial charge on any atom is -0.337 e. The summed E-state index contributed by atoms with van der Waals surface area (Å²) < 4.78 is 0. The molecule has 1 aromatic rings. The van der Waals surface area contributed by atoms with Crippen molar-refractivity contribution < 1.29 is 9.59 Å². The van der Waals surface area contributed by atoms with Gasteiger partial charge in [0.15, 0.2) is 0 Å². The summed E-state index contributed by atoms with van der Waals surface area (Å²) in [5.74, 6) is 1.14. The quantitative estimate of drug-likeness (QED) is 0.677. The third kappa shape index (κ3) is 5.72. The molecule has 3 aliphatic rings. The van der Waals surface area contributed by atoms with E-state index < -0.39 is 0 Å². The average Bonchev–Trinajstić information content (AvgIpc) is 3.52. The maximum atomic E-state index is 13.5. The molecular formula is C27H41N3O2. The predicted molar refractivity (Wildman–Crippen MR) is 129 cm³/mol. The molecule has 176 valence electrons. The molecule has 5 heteroatoms. The SMILES string of the molecule is CC(=O)N1CCC2CCCC(CN(C(=O)CC(C)(C)C)Cc3ccccc31)N2CC1CC1. The second-order valence-electron chi connectivity index (χ2n) is 11.5. The molecule has 2 unspecified atom stereocenters. The van der Waals surface area contributed by atoms with E-state index in [4.69, 9.17) is 0 Å². The van der Waals surface area contributed by atoms with Gasteiger partial charge in [-0.15, -0.1) is 0 Å². The Balaban J connectivity index is 1.70. The minimum absolute atomic E-state index is 0.0446. The fourth-order valence-electron chi connectivity index (χ4n) is 5.54. The van der Waals surface area contributed by atoms with Gasteiger partial charge in [0.1, 0.15) is 0 Å². The Morgan fingerprint density at radius 3 is 2.41 bits per heavy atom. The fraction of sp³-hybridized carbons (Fsp3) is 0.704. The topological polar surface area (TPSA) is 43.9 Å². The van der Waals surface area contributed by atoms with Crippen LogP contribution in [0.25, 0.3) is 0 Å². The van der Waals surface area contributed by atoms with Crippen LogP contribution in [-0.2, 0) is 16.1 Å². The molecule has 2 bridgehead atoms. The molecule has 0 radical (unpaired) electrons. The highest BCUT2D eigenvalue weighted by atomic mass is 16.2. The van der Waals surface area contributed by atoms with E-state index in [1.165, 1.54) is 32.1 Å². The standard InChI is InChI=1S/C27H41N3O2/c1-20(31)29-15-14-23-9-7-10-24(30(23)17-21-12-13-21)19-28(26(32)16-27(2,3)4)18-22-8-5-6-11-25(22)29/h5-6,8,11,21,23-24H,7,9-10,12-19H2,1-4H3. The Bertz CT molecular complexity index is 826. The Hall–Kier alpha value is -1.88. The molecule has 1 saturated heterocycles. The number of nitrogens with zero attached hydrogens (tertiary/aromatic N) is 3. The van der Waals surface area contributed by atoms with E-state index in [-0.39, 0.29) is 17.2 Å². The first-order chi connectivity index (χ1) is 15.2. The highest BCUT2D eigenvalue weighted by molar-refractivity contribution is 5.92. The summed E-state index contributed by atoms with van der Waals surface area (Å²) in [4.78, 5) is 33.0. The van der Waals surface area contributed by atoms with Gasteiger partial charge in [-0.05, 0) is 55.1 Å². The van der Waals surface area contributed by atoms with Gasteiger partial charge in [-0.1, -0.05) is 45.4 Å². The number of piperidine rings is 1. The summed E-state index contributed by atoms with van der Waals surface area (Å²) >= 11 is 0. The molecule has 0 aromatic heterocycles. The molecule has 5 nitrogen and oxygen atoms in total. The smallest absolute Gasteiger partial charge is 0.223 e. The maximum absolute atomic E-state index is 13.5. The van der Waals surface area contributed by atoms with Crippen LogP contribution in [0.4, 0.5) is 5.69 Å². The van der Waals surface area contributed by atoms with E-state index in [1.54, 1.807) is 6.92 Å². The fourth-order valence-corrected chi connectivity index (χ4v) is 5.54. The number of anilines is 1. The molecule has 2 heterocycles. The van der Waals surface area contributed by atoms with Crippen LogP contribution in [0.15, 0.2) is 24.3 Å². The molecule has 0 spiro atoms. The zero-order valence-corrected chi connectivity index (χ0v) is 20.5. The molecule has 2 fully saturated rings. The van der Waals surface area contributed by atoms with Gasteiger partial charge in [0.25, 0.3) is 0 Å². The molecule has 2 amide bonds. The van der Waals surface area contributed by atoms with Crippen LogP contribution in [0, 0.1) is 11.3 Å². The minimum atomic E-state index is -0.0446. The molecule has 1 aromatic carbocycles. The van der Waals surface area contributed by atoms with E-state index in [0.29, 0.717) is 25.0 Å². The predicted octanol–water partition coefficient (Wildman–Crippen LogP) is 4.84. The Morgan fingerprint density at radius 1 is 1.00 bits per heavy atom. The zero-order chi connectivity index (χ0) is 22.9. The molecule has 32 heavy (non-hydrogen) atoms. The second kappa shape index (κ2) is 9.54. The van der Waals surface area contributed by atoms with E-state index in [0.717, 1.165) is 43.2 Å². The number of carbonyl (C=O) groups excluding carboxylic acids is 2. The first-order valence-corrected chi connectivity index (χ1v) is 12.6. The zero-order valence-electron chi connectivity index (χ0n) is 20.5. The summed E-state index contributed by atoms with van der Waals surface area (Å²) in [7, 11) is 0. The number of hydrogen-bond acceptors (Lipinski definition) is 3. The van der Waals surface area contributed by atoms with Crippen molar-refractivity contribution in [1.29, 1.82) is 0 Å². The second-order valence-corrected chi connectivity index (χ2v) is 11.5. The number of amides is 2. The van der Waals surface area contributed by atoms with Gasteiger partial charge in [-0.25, -0.2) is 0 Å². The molecule has 0 N–H and O–H groups in total. The molecule has 1 aliphatic carbocycles. The number of hydrogen-bond donors (Lipinski definition) is 0. The lowest BCUT2D eigenvalue weighted by Crippen LogP contribution is -2.53. The van der Waals surface area contributed by atoms with E-state index in [2.05, 4.69) is 42.7 Å². The van der Waals surface area contributed by atoms with Crippen molar-refractivity contribution in [3.8, 4) is 0 Å².